The molecular formula is C55H107NO5. The quantitative estimate of drug-likeness (QED) is 0.0322. The standard InChI is InChI=1S/C55H107NO5/c1-3-5-7-9-11-13-15-17-18-19-20-21-22-25-29-33-37-41-45-49-55(60)61-50-46-42-38-34-30-26-23-24-28-32-36-40-44-48-54(59)56-52(51-57)53(58)47-43-39-35-31-27-16-14-12-10-8-6-4-2/h24,28,52-53,57-58H,3-23,25-27,29-51H2,1-2H3,(H,56,59)/b28-24-. The van der Waals surface area contributed by atoms with Crippen molar-refractivity contribution in [2.24, 2.45) is 0 Å². The van der Waals surface area contributed by atoms with Crippen molar-refractivity contribution in [3.05, 3.63) is 12.2 Å². The monoisotopic (exact) mass is 862 g/mol. The SMILES string of the molecule is CCCCCCCCCCCCCCCCCCCCCC(=O)OCCCCCCCC/C=C\CCCCCC(=O)NC(CO)C(O)CCCCCCCCCCCCCC. The van der Waals surface area contributed by atoms with E-state index >= 15 is 0 Å². The lowest BCUT2D eigenvalue weighted by atomic mass is 10.0. The molecule has 2 atom stereocenters. The maximum atomic E-state index is 12.4. The Morgan fingerprint density at radius 2 is 0.770 bits per heavy atom. The summed E-state index contributed by atoms with van der Waals surface area (Å²) < 4.78 is 5.48. The molecule has 0 spiro atoms. The fourth-order valence-electron chi connectivity index (χ4n) is 8.58. The van der Waals surface area contributed by atoms with Crippen LogP contribution in [-0.4, -0.2) is 47.4 Å². The van der Waals surface area contributed by atoms with Gasteiger partial charge in [-0.2, -0.15) is 0 Å². The molecule has 0 aliphatic heterocycles. The number of hydrogen-bond acceptors (Lipinski definition) is 5. The van der Waals surface area contributed by atoms with Crippen LogP contribution >= 0.6 is 0 Å². The van der Waals surface area contributed by atoms with Crippen molar-refractivity contribution in [2.75, 3.05) is 13.2 Å². The normalized spacial score (nSPS) is 12.7. The molecule has 0 radical (unpaired) electrons. The lowest BCUT2D eigenvalue weighted by molar-refractivity contribution is -0.143. The number of unbranched alkanes of at least 4 members (excludes halogenated alkanes) is 38. The van der Waals surface area contributed by atoms with Gasteiger partial charge in [0, 0.05) is 12.8 Å². The van der Waals surface area contributed by atoms with Crippen LogP contribution in [0.25, 0.3) is 0 Å². The first-order valence-corrected chi connectivity index (χ1v) is 27.4. The average molecular weight is 862 g/mol. The van der Waals surface area contributed by atoms with Gasteiger partial charge in [0.2, 0.25) is 5.91 Å². The van der Waals surface area contributed by atoms with Crippen LogP contribution in [0, 0.1) is 0 Å². The molecule has 61 heavy (non-hydrogen) atoms. The van der Waals surface area contributed by atoms with Crippen molar-refractivity contribution >= 4 is 11.9 Å². The van der Waals surface area contributed by atoms with Crippen molar-refractivity contribution in [1.82, 2.24) is 5.32 Å². The topological polar surface area (TPSA) is 95.9 Å². The molecule has 0 fully saturated rings. The van der Waals surface area contributed by atoms with Gasteiger partial charge in [0.1, 0.15) is 0 Å². The van der Waals surface area contributed by atoms with Gasteiger partial charge in [-0.25, -0.2) is 0 Å². The van der Waals surface area contributed by atoms with Crippen LogP contribution < -0.4 is 5.32 Å². The van der Waals surface area contributed by atoms with E-state index in [0.717, 1.165) is 70.6 Å². The van der Waals surface area contributed by atoms with Crippen molar-refractivity contribution in [1.29, 1.82) is 0 Å². The third-order valence-electron chi connectivity index (χ3n) is 12.8. The van der Waals surface area contributed by atoms with Crippen LogP contribution in [0.4, 0.5) is 0 Å². The highest BCUT2D eigenvalue weighted by Crippen LogP contribution is 2.17. The van der Waals surface area contributed by atoms with Gasteiger partial charge in [-0.05, 0) is 51.4 Å². The lowest BCUT2D eigenvalue weighted by Gasteiger charge is -2.22. The van der Waals surface area contributed by atoms with Gasteiger partial charge in [0.25, 0.3) is 0 Å². The third kappa shape index (κ3) is 47.9. The van der Waals surface area contributed by atoms with E-state index in [9.17, 15) is 19.8 Å². The van der Waals surface area contributed by atoms with Gasteiger partial charge in [-0.1, -0.05) is 251 Å². The van der Waals surface area contributed by atoms with E-state index in [-0.39, 0.29) is 18.5 Å². The van der Waals surface area contributed by atoms with Crippen molar-refractivity contribution < 1.29 is 24.5 Å². The first-order chi connectivity index (χ1) is 30.0. The van der Waals surface area contributed by atoms with E-state index in [4.69, 9.17) is 4.74 Å². The second-order valence-electron chi connectivity index (χ2n) is 18.9. The number of ether oxygens (including phenoxy) is 1. The molecule has 0 aromatic carbocycles. The van der Waals surface area contributed by atoms with Crippen molar-refractivity contribution in [2.45, 2.75) is 315 Å². The van der Waals surface area contributed by atoms with E-state index in [0.29, 0.717) is 25.9 Å². The van der Waals surface area contributed by atoms with Gasteiger partial charge in [0.15, 0.2) is 0 Å². The number of carbonyl (C=O) groups excluding carboxylic acids is 2. The summed E-state index contributed by atoms with van der Waals surface area (Å²) in [5.74, 6) is -0.0720. The summed E-state index contributed by atoms with van der Waals surface area (Å²) in [5, 5.41) is 23.1. The van der Waals surface area contributed by atoms with E-state index in [2.05, 4.69) is 31.3 Å². The fourth-order valence-corrected chi connectivity index (χ4v) is 8.58. The molecule has 0 aliphatic rings. The number of carbonyl (C=O) groups is 2. The average Bonchev–Trinajstić information content (AvgIpc) is 3.26. The highest BCUT2D eigenvalue weighted by Gasteiger charge is 2.20. The van der Waals surface area contributed by atoms with E-state index in [1.807, 2.05) is 0 Å². The molecule has 0 saturated carbocycles. The summed E-state index contributed by atoms with van der Waals surface area (Å²) in [7, 11) is 0. The summed E-state index contributed by atoms with van der Waals surface area (Å²) in [6, 6.07) is -0.559. The molecular weight excluding hydrogens is 755 g/mol. The predicted molar refractivity (Wildman–Crippen MR) is 264 cm³/mol. The minimum atomic E-state index is -0.679. The number of esters is 1. The Labute approximate surface area is 380 Å². The molecule has 0 heterocycles. The molecule has 1 amide bonds. The smallest absolute Gasteiger partial charge is 0.305 e. The van der Waals surface area contributed by atoms with Crippen LogP contribution in [0.1, 0.15) is 303 Å². The largest absolute Gasteiger partial charge is 0.466 e. The van der Waals surface area contributed by atoms with Gasteiger partial charge in [-0.3, -0.25) is 9.59 Å². The zero-order valence-corrected chi connectivity index (χ0v) is 41.2. The highest BCUT2D eigenvalue weighted by atomic mass is 16.5. The summed E-state index contributed by atoms with van der Waals surface area (Å²) >= 11 is 0. The zero-order chi connectivity index (χ0) is 44.4. The Morgan fingerprint density at radius 1 is 0.443 bits per heavy atom. The van der Waals surface area contributed by atoms with Gasteiger partial charge in [0.05, 0.1) is 25.4 Å². The van der Waals surface area contributed by atoms with Crippen LogP contribution in [0.3, 0.4) is 0 Å². The van der Waals surface area contributed by atoms with Crippen LogP contribution in [0.15, 0.2) is 12.2 Å². The van der Waals surface area contributed by atoms with Gasteiger partial charge >= 0.3 is 5.97 Å². The molecule has 0 aromatic heterocycles. The van der Waals surface area contributed by atoms with Gasteiger partial charge < -0.3 is 20.3 Å². The summed E-state index contributed by atoms with van der Waals surface area (Å²) in [5.41, 5.74) is 0. The molecule has 3 N–H and O–H groups in total. The number of amides is 1. The van der Waals surface area contributed by atoms with Crippen LogP contribution in [0.2, 0.25) is 0 Å². The molecule has 0 saturated heterocycles. The summed E-state index contributed by atoms with van der Waals surface area (Å²) in [4.78, 5) is 24.5. The van der Waals surface area contributed by atoms with Crippen molar-refractivity contribution in [3.63, 3.8) is 0 Å². The molecule has 6 nitrogen and oxygen atoms in total. The molecule has 0 aliphatic carbocycles. The number of nitrogens with one attached hydrogen (secondary N) is 1. The Kier molecular flexibility index (Phi) is 50.1. The first-order valence-electron chi connectivity index (χ1n) is 27.4. The van der Waals surface area contributed by atoms with E-state index in [1.54, 1.807) is 0 Å². The van der Waals surface area contributed by atoms with Crippen LogP contribution in [-0.2, 0) is 14.3 Å². The molecule has 362 valence electrons. The highest BCUT2D eigenvalue weighted by molar-refractivity contribution is 5.76. The molecule has 0 aromatic rings. The molecule has 6 heteroatoms. The number of hydrogen-bond donors (Lipinski definition) is 3. The predicted octanol–water partition coefficient (Wildman–Crippen LogP) is 16.5. The number of allylic oxidation sites excluding steroid dienone is 2. The Morgan fingerprint density at radius 3 is 1.18 bits per heavy atom. The molecule has 2 unspecified atom stereocenters. The molecule has 0 bridgehead atoms. The maximum Gasteiger partial charge on any atom is 0.305 e. The number of rotatable bonds is 51. The zero-order valence-electron chi connectivity index (χ0n) is 41.2. The lowest BCUT2D eigenvalue weighted by Crippen LogP contribution is -2.45. The Hall–Kier alpha value is -1.40. The number of aliphatic hydroxyl groups is 2. The molecule has 0 rings (SSSR count). The third-order valence-corrected chi connectivity index (χ3v) is 12.8. The van der Waals surface area contributed by atoms with E-state index < -0.39 is 12.1 Å². The minimum Gasteiger partial charge on any atom is -0.466 e. The van der Waals surface area contributed by atoms with Gasteiger partial charge in [-0.15, -0.1) is 0 Å². The van der Waals surface area contributed by atoms with Crippen LogP contribution in [0.5, 0.6) is 0 Å². The fraction of sp³-hybridized carbons (Fsp3) is 0.927. The Balaban J connectivity index is 3.44. The maximum absolute atomic E-state index is 12.4. The Bertz CT molecular complexity index is 909. The first kappa shape index (κ1) is 59.6. The number of aliphatic hydroxyl groups excluding tert-OH is 2. The summed E-state index contributed by atoms with van der Waals surface area (Å²) in [6.07, 6.45) is 59.1. The van der Waals surface area contributed by atoms with E-state index in [1.165, 1.54) is 199 Å². The second-order valence-corrected chi connectivity index (χ2v) is 18.9. The minimum absolute atomic E-state index is 0.00763. The van der Waals surface area contributed by atoms with Crippen molar-refractivity contribution in [3.8, 4) is 0 Å². The summed E-state index contributed by atoms with van der Waals surface area (Å²) in [6.45, 7) is 4.92. The second kappa shape index (κ2) is 51.2.